The van der Waals surface area contributed by atoms with Crippen LogP contribution in [-0.2, 0) is 4.84 Å². The summed E-state index contributed by atoms with van der Waals surface area (Å²) in [6.07, 6.45) is 5.75. The minimum Gasteiger partial charge on any atom is -0.273 e. The highest BCUT2D eigenvalue weighted by molar-refractivity contribution is 8.04. The van der Waals surface area contributed by atoms with Crippen molar-refractivity contribution >= 4 is 17.5 Å². The van der Waals surface area contributed by atoms with Gasteiger partial charge in [0.2, 0.25) is 0 Å². The highest BCUT2D eigenvalue weighted by Crippen LogP contribution is 2.27. The SMILES string of the molecule is CON1C=CC2=NCSC2=C1. The number of allylic oxidation sites excluding steroid dienone is 2. The maximum absolute atomic E-state index is 5.00. The van der Waals surface area contributed by atoms with Gasteiger partial charge in [0.15, 0.2) is 0 Å². The van der Waals surface area contributed by atoms with Gasteiger partial charge in [0.1, 0.15) is 0 Å². The Morgan fingerprint density at radius 2 is 2.64 bits per heavy atom. The fraction of sp³-hybridized carbons (Fsp3) is 0.286. The van der Waals surface area contributed by atoms with Gasteiger partial charge in [0, 0.05) is 12.4 Å². The molecule has 0 saturated heterocycles. The first kappa shape index (κ1) is 6.94. The number of fused-ring (bicyclic) bond motifs is 1. The lowest BCUT2D eigenvalue weighted by Crippen LogP contribution is -2.13. The van der Waals surface area contributed by atoms with E-state index in [1.165, 1.54) is 4.91 Å². The average Bonchev–Trinajstić information content (AvgIpc) is 2.50. The molecule has 0 atom stereocenters. The zero-order valence-corrected chi connectivity index (χ0v) is 6.97. The molecule has 0 unspecified atom stereocenters. The van der Waals surface area contributed by atoms with E-state index in [2.05, 4.69) is 4.99 Å². The van der Waals surface area contributed by atoms with E-state index >= 15 is 0 Å². The van der Waals surface area contributed by atoms with E-state index in [1.807, 2.05) is 18.5 Å². The zero-order chi connectivity index (χ0) is 7.68. The fourth-order valence-corrected chi connectivity index (χ4v) is 1.78. The van der Waals surface area contributed by atoms with Crippen molar-refractivity contribution in [2.24, 2.45) is 4.99 Å². The van der Waals surface area contributed by atoms with E-state index in [-0.39, 0.29) is 0 Å². The van der Waals surface area contributed by atoms with Gasteiger partial charge in [0.25, 0.3) is 0 Å². The third-order valence-electron chi connectivity index (χ3n) is 1.54. The first-order chi connectivity index (χ1) is 5.40. The second-order valence-electron chi connectivity index (χ2n) is 2.17. The quantitative estimate of drug-likeness (QED) is 0.591. The van der Waals surface area contributed by atoms with Crippen molar-refractivity contribution < 1.29 is 4.84 Å². The summed E-state index contributed by atoms with van der Waals surface area (Å²) in [7, 11) is 1.64. The molecule has 0 aliphatic carbocycles. The number of hydrogen-bond acceptors (Lipinski definition) is 4. The molecule has 2 aliphatic rings. The van der Waals surface area contributed by atoms with E-state index in [4.69, 9.17) is 4.84 Å². The van der Waals surface area contributed by atoms with Crippen molar-refractivity contribution in [1.82, 2.24) is 5.06 Å². The number of hydroxylamine groups is 2. The van der Waals surface area contributed by atoms with Gasteiger partial charge in [0.05, 0.1) is 23.6 Å². The lowest BCUT2D eigenvalue weighted by molar-refractivity contribution is -0.0441. The second-order valence-corrected chi connectivity index (χ2v) is 3.16. The van der Waals surface area contributed by atoms with Crippen LogP contribution in [0.1, 0.15) is 0 Å². The summed E-state index contributed by atoms with van der Waals surface area (Å²) in [5.74, 6) is 0.836. The van der Waals surface area contributed by atoms with Crippen molar-refractivity contribution in [2.75, 3.05) is 13.0 Å². The molecule has 11 heavy (non-hydrogen) atoms. The van der Waals surface area contributed by atoms with Crippen LogP contribution in [0, 0.1) is 0 Å². The Balaban J connectivity index is 2.24. The van der Waals surface area contributed by atoms with Crippen LogP contribution in [0.3, 0.4) is 0 Å². The van der Waals surface area contributed by atoms with Crippen molar-refractivity contribution in [3.05, 3.63) is 23.4 Å². The third-order valence-corrected chi connectivity index (χ3v) is 2.43. The molecule has 3 nitrogen and oxygen atoms in total. The smallest absolute Gasteiger partial charge is 0.0899 e. The largest absolute Gasteiger partial charge is 0.273 e. The highest BCUT2D eigenvalue weighted by atomic mass is 32.2. The van der Waals surface area contributed by atoms with Crippen molar-refractivity contribution in [1.29, 1.82) is 0 Å². The number of nitrogens with zero attached hydrogens (tertiary/aromatic N) is 2. The molecule has 0 aromatic rings. The molecule has 0 bridgehead atoms. The topological polar surface area (TPSA) is 24.8 Å². The Bertz CT molecular complexity index is 257. The lowest BCUT2D eigenvalue weighted by Gasteiger charge is -2.16. The Kier molecular flexibility index (Phi) is 1.71. The minimum absolute atomic E-state index is 0.836. The molecule has 2 aliphatic heterocycles. The van der Waals surface area contributed by atoms with Crippen LogP contribution in [0.25, 0.3) is 0 Å². The predicted octanol–water partition coefficient (Wildman–Crippen LogP) is 1.36. The molecule has 0 radical (unpaired) electrons. The van der Waals surface area contributed by atoms with Gasteiger partial charge in [-0.25, -0.2) is 5.06 Å². The summed E-state index contributed by atoms with van der Waals surface area (Å²) in [4.78, 5) is 10.5. The van der Waals surface area contributed by atoms with Gasteiger partial charge in [-0.3, -0.25) is 9.83 Å². The van der Waals surface area contributed by atoms with Gasteiger partial charge in [-0.15, -0.1) is 0 Å². The van der Waals surface area contributed by atoms with Crippen LogP contribution in [0.5, 0.6) is 0 Å². The van der Waals surface area contributed by atoms with E-state index in [0.29, 0.717) is 0 Å². The Labute approximate surface area is 69.4 Å². The highest BCUT2D eigenvalue weighted by Gasteiger charge is 2.15. The van der Waals surface area contributed by atoms with Crippen molar-refractivity contribution in [3.63, 3.8) is 0 Å². The first-order valence-corrected chi connectivity index (χ1v) is 4.29. The van der Waals surface area contributed by atoms with E-state index < -0.39 is 0 Å². The van der Waals surface area contributed by atoms with E-state index in [9.17, 15) is 0 Å². The molecule has 0 N–H and O–H groups in total. The molecule has 58 valence electrons. The summed E-state index contributed by atoms with van der Waals surface area (Å²) in [6, 6.07) is 0. The number of thioether (sulfide) groups is 1. The standard InChI is InChI=1S/C7H8N2OS/c1-10-9-3-2-6-7(4-9)11-5-8-6/h2-4H,5H2,1H3. The summed E-state index contributed by atoms with van der Waals surface area (Å²) in [5, 5.41) is 1.67. The van der Waals surface area contributed by atoms with Gasteiger partial charge in [-0.1, -0.05) is 11.8 Å². The molecule has 0 aromatic heterocycles. The van der Waals surface area contributed by atoms with Crippen LogP contribution in [-0.4, -0.2) is 23.8 Å². The summed E-state index contributed by atoms with van der Waals surface area (Å²) < 4.78 is 0. The summed E-state index contributed by atoms with van der Waals surface area (Å²) in [6.45, 7) is 0. The second kappa shape index (κ2) is 2.71. The molecule has 2 rings (SSSR count). The van der Waals surface area contributed by atoms with Crippen LogP contribution >= 0.6 is 11.8 Å². The lowest BCUT2D eigenvalue weighted by atomic mass is 10.3. The molecule has 2 heterocycles. The average molecular weight is 168 g/mol. The first-order valence-electron chi connectivity index (χ1n) is 3.30. The van der Waals surface area contributed by atoms with Gasteiger partial charge in [-0.2, -0.15) is 0 Å². The normalized spacial score (nSPS) is 21.4. The Hall–Kier alpha value is -0.740. The fourth-order valence-electron chi connectivity index (χ4n) is 0.978. The molecule has 0 aromatic carbocycles. The van der Waals surface area contributed by atoms with Gasteiger partial charge >= 0.3 is 0 Å². The van der Waals surface area contributed by atoms with Gasteiger partial charge < -0.3 is 0 Å². The van der Waals surface area contributed by atoms with Crippen LogP contribution < -0.4 is 0 Å². The molecule has 0 saturated carbocycles. The van der Waals surface area contributed by atoms with Crippen LogP contribution in [0.15, 0.2) is 28.4 Å². The van der Waals surface area contributed by atoms with Crippen LogP contribution in [0.4, 0.5) is 0 Å². The third kappa shape index (κ3) is 1.19. The van der Waals surface area contributed by atoms with E-state index in [1.54, 1.807) is 23.9 Å². The maximum atomic E-state index is 5.00. The Morgan fingerprint density at radius 3 is 3.45 bits per heavy atom. The monoisotopic (exact) mass is 168 g/mol. The number of rotatable bonds is 1. The Morgan fingerprint density at radius 1 is 1.73 bits per heavy atom. The minimum atomic E-state index is 0.836. The predicted molar refractivity (Wildman–Crippen MR) is 46.0 cm³/mol. The van der Waals surface area contributed by atoms with Crippen molar-refractivity contribution in [3.8, 4) is 0 Å². The van der Waals surface area contributed by atoms with Crippen molar-refractivity contribution in [2.45, 2.75) is 0 Å². The van der Waals surface area contributed by atoms with E-state index in [0.717, 1.165) is 11.6 Å². The molecular formula is C7H8N2OS. The summed E-state index contributed by atoms with van der Waals surface area (Å²) >= 11 is 1.73. The molecular weight excluding hydrogens is 160 g/mol. The van der Waals surface area contributed by atoms with Crippen LogP contribution in [0.2, 0.25) is 0 Å². The number of aliphatic imine (C=N–C) groups is 1. The molecule has 0 fully saturated rings. The van der Waals surface area contributed by atoms with Gasteiger partial charge in [-0.05, 0) is 6.08 Å². The maximum Gasteiger partial charge on any atom is 0.0899 e. The zero-order valence-electron chi connectivity index (χ0n) is 6.15. The molecule has 0 amide bonds. The molecule has 0 spiro atoms. The number of hydrogen-bond donors (Lipinski definition) is 0. The molecule has 4 heteroatoms. The summed E-state index contributed by atoms with van der Waals surface area (Å²) in [5.41, 5.74) is 1.07.